The van der Waals surface area contributed by atoms with Crippen molar-refractivity contribution in [2.75, 3.05) is 25.5 Å². The van der Waals surface area contributed by atoms with Gasteiger partial charge in [0.15, 0.2) is 0 Å². The van der Waals surface area contributed by atoms with Gasteiger partial charge in [0.2, 0.25) is 0 Å². The number of aromatic nitrogens is 2. The molecule has 0 saturated carbocycles. The second-order valence-corrected chi connectivity index (χ2v) is 7.63. The van der Waals surface area contributed by atoms with Gasteiger partial charge in [-0.15, -0.1) is 0 Å². The Hall–Kier alpha value is -3.08. The van der Waals surface area contributed by atoms with Crippen LogP contribution in [0.3, 0.4) is 0 Å². The fourth-order valence-corrected chi connectivity index (χ4v) is 3.68. The molecule has 0 aliphatic heterocycles. The van der Waals surface area contributed by atoms with Crippen LogP contribution in [0.5, 0.6) is 0 Å². The zero-order valence-corrected chi connectivity index (χ0v) is 18.0. The maximum Gasteiger partial charge on any atom is 0.254 e. The molecule has 2 aromatic carbocycles. The van der Waals surface area contributed by atoms with Gasteiger partial charge in [-0.05, 0) is 25.5 Å². The molecule has 0 atom stereocenters. The fourth-order valence-electron chi connectivity index (χ4n) is 3.68. The number of rotatable bonds is 7. The van der Waals surface area contributed by atoms with E-state index in [4.69, 9.17) is 5.10 Å². The smallest absolute Gasteiger partial charge is 0.254 e. The van der Waals surface area contributed by atoms with Crippen molar-refractivity contribution < 1.29 is 4.79 Å². The minimum Gasteiger partial charge on any atom is -0.363 e. The van der Waals surface area contributed by atoms with Crippen LogP contribution in [-0.4, -0.2) is 41.2 Å². The van der Waals surface area contributed by atoms with Crippen molar-refractivity contribution >= 4 is 11.7 Å². The predicted octanol–water partition coefficient (Wildman–Crippen LogP) is 4.51. The average molecular weight is 391 g/mol. The third-order valence-corrected chi connectivity index (χ3v) is 5.01. The second-order valence-electron chi connectivity index (χ2n) is 7.63. The predicted molar refractivity (Wildman–Crippen MR) is 119 cm³/mol. The van der Waals surface area contributed by atoms with Crippen molar-refractivity contribution in [2.45, 2.75) is 26.8 Å². The lowest BCUT2D eigenvalue weighted by molar-refractivity contribution is 0.0743. The van der Waals surface area contributed by atoms with Crippen LogP contribution in [-0.2, 0) is 13.6 Å². The maximum atomic E-state index is 13.3. The molecule has 0 unspecified atom stereocenters. The Balaban J connectivity index is 2.03. The summed E-state index contributed by atoms with van der Waals surface area (Å²) in [6.07, 6.45) is 0.899. The van der Waals surface area contributed by atoms with Gasteiger partial charge >= 0.3 is 0 Å². The van der Waals surface area contributed by atoms with Gasteiger partial charge in [0, 0.05) is 44.4 Å². The lowest BCUT2D eigenvalue weighted by atomic mass is 10.1. The number of anilines is 1. The van der Waals surface area contributed by atoms with Crippen LogP contribution < -0.4 is 4.90 Å². The van der Waals surface area contributed by atoms with Crippen LogP contribution in [0.2, 0.25) is 0 Å². The number of benzene rings is 2. The van der Waals surface area contributed by atoms with E-state index in [1.807, 2.05) is 80.1 Å². The monoisotopic (exact) mass is 390 g/mol. The number of carbonyl (C=O) groups is 1. The van der Waals surface area contributed by atoms with Crippen molar-refractivity contribution in [1.82, 2.24) is 14.7 Å². The van der Waals surface area contributed by atoms with Crippen LogP contribution in [0.25, 0.3) is 11.3 Å². The molecule has 0 saturated heterocycles. The summed E-state index contributed by atoms with van der Waals surface area (Å²) in [5.41, 5.74) is 4.93. The first-order chi connectivity index (χ1) is 13.9. The quantitative estimate of drug-likeness (QED) is 0.596. The van der Waals surface area contributed by atoms with Gasteiger partial charge in [0.05, 0.1) is 12.2 Å². The zero-order valence-electron chi connectivity index (χ0n) is 18.0. The summed E-state index contributed by atoms with van der Waals surface area (Å²) < 4.78 is 1.90. The van der Waals surface area contributed by atoms with E-state index in [9.17, 15) is 4.79 Å². The van der Waals surface area contributed by atoms with E-state index < -0.39 is 0 Å². The number of aryl methyl sites for hydroxylation is 2. The van der Waals surface area contributed by atoms with E-state index in [-0.39, 0.29) is 5.91 Å². The Kier molecular flexibility index (Phi) is 6.37. The Bertz CT molecular complexity index is 959. The minimum atomic E-state index is 0.0550. The number of carbonyl (C=O) groups excluding carboxylic acids is 1. The lowest BCUT2D eigenvalue weighted by Gasteiger charge is -2.24. The van der Waals surface area contributed by atoms with Gasteiger partial charge in [-0.2, -0.15) is 5.10 Å². The van der Waals surface area contributed by atoms with E-state index in [0.717, 1.165) is 40.2 Å². The molecule has 0 fully saturated rings. The highest BCUT2D eigenvalue weighted by molar-refractivity contribution is 5.94. The summed E-state index contributed by atoms with van der Waals surface area (Å²) in [6.45, 7) is 5.35. The molecule has 1 heterocycles. The zero-order chi connectivity index (χ0) is 21.0. The van der Waals surface area contributed by atoms with E-state index in [1.54, 1.807) is 0 Å². The van der Waals surface area contributed by atoms with Crippen LogP contribution in [0.1, 0.15) is 34.8 Å². The van der Waals surface area contributed by atoms with Crippen molar-refractivity contribution in [2.24, 2.45) is 7.05 Å². The minimum absolute atomic E-state index is 0.0550. The first-order valence-electron chi connectivity index (χ1n) is 10.1. The first kappa shape index (κ1) is 20.6. The molecule has 3 rings (SSSR count). The molecule has 0 aliphatic carbocycles. The van der Waals surface area contributed by atoms with Crippen molar-refractivity contribution in [1.29, 1.82) is 0 Å². The number of hydrogen-bond acceptors (Lipinski definition) is 3. The molecule has 3 aromatic rings. The van der Waals surface area contributed by atoms with Crippen LogP contribution >= 0.6 is 0 Å². The number of hydrogen-bond donors (Lipinski definition) is 0. The first-order valence-corrected chi connectivity index (χ1v) is 10.1. The highest BCUT2D eigenvalue weighted by Gasteiger charge is 2.24. The highest BCUT2D eigenvalue weighted by Crippen LogP contribution is 2.31. The normalized spacial score (nSPS) is 10.8. The van der Waals surface area contributed by atoms with Crippen LogP contribution in [0.4, 0.5) is 5.82 Å². The molecule has 5 nitrogen and oxygen atoms in total. The second kappa shape index (κ2) is 8.95. The Morgan fingerprint density at radius 1 is 1.03 bits per heavy atom. The standard InChI is InChI=1S/C24H30N4O/c1-6-16-28(24(29)20-14-12-18(2)13-15-20)17-21-22(19-10-8-7-9-11-19)25-27(5)23(21)26(3)4/h7-15H,6,16-17H2,1-5H3. The largest absolute Gasteiger partial charge is 0.363 e. The van der Waals surface area contributed by atoms with Gasteiger partial charge < -0.3 is 9.80 Å². The highest BCUT2D eigenvalue weighted by atomic mass is 16.2. The lowest BCUT2D eigenvalue weighted by Crippen LogP contribution is -2.32. The summed E-state index contributed by atoms with van der Waals surface area (Å²) >= 11 is 0. The maximum absolute atomic E-state index is 13.3. The molecule has 0 N–H and O–H groups in total. The summed E-state index contributed by atoms with van der Waals surface area (Å²) in [4.78, 5) is 17.3. The molecule has 0 bridgehead atoms. The Morgan fingerprint density at radius 3 is 2.28 bits per heavy atom. The molecule has 1 aromatic heterocycles. The van der Waals surface area contributed by atoms with E-state index in [1.165, 1.54) is 0 Å². The van der Waals surface area contributed by atoms with Crippen LogP contribution in [0.15, 0.2) is 54.6 Å². The molecule has 5 heteroatoms. The van der Waals surface area contributed by atoms with Gasteiger partial charge in [-0.25, -0.2) is 0 Å². The van der Waals surface area contributed by atoms with E-state index in [0.29, 0.717) is 13.1 Å². The Morgan fingerprint density at radius 2 is 1.69 bits per heavy atom. The molecule has 1 amide bonds. The Labute approximate surface area is 173 Å². The van der Waals surface area contributed by atoms with Crippen molar-refractivity contribution in [3.8, 4) is 11.3 Å². The van der Waals surface area contributed by atoms with E-state index in [2.05, 4.69) is 24.0 Å². The van der Waals surface area contributed by atoms with Crippen LogP contribution in [0, 0.1) is 6.92 Å². The summed E-state index contributed by atoms with van der Waals surface area (Å²) in [7, 11) is 5.99. The summed E-state index contributed by atoms with van der Waals surface area (Å²) in [5, 5.41) is 4.80. The number of nitrogens with zero attached hydrogens (tertiary/aromatic N) is 4. The summed E-state index contributed by atoms with van der Waals surface area (Å²) in [6, 6.07) is 18.0. The third-order valence-electron chi connectivity index (χ3n) is 5.01. The molecule has 0 aliphatic rings. The van der Waals surface area contributed by atoms with Crippen molar-refractivity contribution in [3.63, 3.8) is 0 Å². The third kappa shape index (κ3) is 4.50. The van der Waals surface area contributed by atoms with Gasteiger partial charge in [-0.3, -0.25) is 9.48 Å². The molecule has 0 radical (unpaired) electrons. The SMILES string of the molecule is CCCN(Cc1c(-c2ccccc2)nn(C)c1N(C)C)C(=O)c1ccc(C)cc1. The van der Waals surface area contributed by atoms with Crippen molar-refractivity contribution in [3.05, 3.63) is 71.3 Å². The average Bonchev–Trinajstić information content (AvgIpc) is 3.04. The van der Waals surface area contributed by atoms with Gasteiger partial charge in [0.1, 0.15) is 5.82 Å². The molecular weight excluding hydrogens is 360 g/mol. The molecule has 0 spiro atoms. The number of amides is 1. The topological polar surface area (TPSA) is 41.4 Å². The van der Waals surface area contributed by atoms with Gasteiger partial charge in [0.25, 0.3) is 5.91 Å². The summed E-state index contributed by atoms with van der Waals surface area (Å²) in [5.74, 6) is 1.07. The van der Waals surface area contributed by atoms with Gasteiger partial charge in [-0.1, -0.05) is 55.0 Å². The molecular formula is C24H30N4O. The molecule has 29 heavy (non-hydrogen) atoms. The van der Waals surface area contributed by atoms with E-state index >= 15 is 0 Å². The molecule has 152 valence electrons. The fraction of sp³-hybridized carbons (Fsp3) is 0.333.